The fourth-order valence-corrected chi connectivity index (χ4v) is 2.94. The molecule has 0 aliphatic carbocycles. The number of nitrogens with zero attached hydrogens (tertiary/aromatic N) is 2. The van der Waals surface area contributed by atoms with Gasteiger partial charge in [0.2, 0.25) is 0 Å². The maximum absolute atomic E-state index is 11.9. The molecule has 0 unspecified atom stereocenters. The second-order valence-electron chi connectivity index (χ2n) is 4.78. The molecular formula is C17H16Br2N4OS. The molecule has 0 heterocycles. The third-order valence-corrected chi connectivity index (χ3v) is 4.52. The lowest BCUT2D eigenvalue weighted by atomic mass is 10.1. The first-order chi connectivity index (χ1) is 11.5. The molecule has 0 aliphatic heterocycles. The summed E-state index contributed by atoms with van der Waals surface area (Å²) in [5.41, 5.74) is 8.48. The highest BCUT2D eigenvalue weighted by molar-refractivity contribution is 9.10. The van der Waals surface area contributed by atoms with Gasteiger partial charge in [-0.1, -0.05) is 27.7 Å². The zero-order valence-corrected chi connectivity index (χ0v) is 17.4. The van der Waals surface area contributed by atoms with Crippen LogP contribution in [0.4, 0.5) is 5.69 Å². The van der Waals surface area contributed by atoms with Crippen molar-refractivity contribution in [1.82, 2.24) is 5.32 Å². The molecule has 0 radical (unpaired) electrons. The lowest BCUT2D eigenvalue weighted by Crippen LogP contribution is -2.19. The van der Waals surface area contributed by atoms with Crippen LogP contribution in [0.25, 0.3) is 0 Å². The summed E-state index contributed by atoms with van der Waals surface area (Å²) in [7, 11) is 1.57. The molecule has 3 N–H and O–H groups in total. The quantitative estimate of drug-likeness (QED) is 0.505. The molecule has 130 valence electrons. The molecule has 8 heteroatoms. The number of rotatable bonds is 4. The predicted molar refractivity (Wildman–Crippen MR) is 112 cm³/mol. The van der Waals surface area contributed by atoms with Gasteiger partial charge in [0.25, 0.3) is 5.91 Å². The summed E-state index contributed by atoms with van der Waals surface area (Å²) in [6, 6.07) is 14.5. The Morgan fingerprint density at radius 1 is 1.32 bits per heavy atom. The third kappa shape index (κ3) is 6.20. The van der Waals surface area contributed by atoms with E-state index in [1.165, 1.54) is 11.8 Å². The topological polar surface area (TPSA) is 91.3 Å². The Morgan fingerprint density at radius 2 is 2.00 bits per heavy atom. The maximum atomic E-state index is 11.9. The number of carbonyl (C=O) groups excluding carboxylic acids is 1. The van der Waals surface area contributed by atoms with Crippen molar-refractivity contribution in [3.05, 3.63) is 63.6 Å². The minimum absolute atomic E-state index is 0. The third-order valence-electron chi connectivity index (χ3n) is 3.15. The highest BCUT2D eigenvalue weighted by Gasteiger charge is 2.11. The minimum Gasteiger partial charge on any atom is -0.378 e. The van der Waals surface area contributed by atoms with Crippen LogP contribution in [0.5, 0.6) is 0 Å². The monoisotopic (exact) mass is 482 g/mol. The van der Waals surface area contributed by atoms with Gasteiger partial charge in [0.15, 0.2) is 5.17 Å². The number of amides is 1. The van der Waals surface area contributed by atoms with Crippen LogP contribution >= 0.6 is 44.7 Å². The summed E-state index contributed by atoms with van der Waals surface area (Å²) in [5, 5.41) is 12.0. The smallest absolute Gasteiger partial charge is 0.251 e. The number of amidine groups is 1. The molecule has 2 aromatic rings. The van der Waals surface area contributed by atoms with Crippen molar-refractivity contribution in [1.29, 1.82) is 5.26 Å². The fraction of sp³-hybridized carbons (Fsp3) is 0.118. The highest BCUT2D eigenvalue weighted by atomic mass is 79.9. The van der Waals surface area contributed by atoms with Crippen LogP contribution in [0.15, 0.2) is 51.9 Å². The van der Waals surface area contributed by atoms with E-state index in [4.69, 9.17) is 11.0 Å². The first kappa shape index (κ1) is 21.2. The van der Waals surface area contributed by atoms with Crippen molar-refractivity contribution >= 4 is 61.4 Å². The number of hydrogen-bond acceptors (Lipinski definition) is 4. The zero-order chi connectivity index (χ0) is 17.5. The number of halogens is 2. The highest BCUT2D eigenvalue weighted by Crippen LogP contribution is 2.21. The van der Waals surface area contributed by atoms with E-state index in [0.29, 0.717) is 22.0 Å². The average molecular weight is 484 g/mol. The standard InChI is InChI=1S/C17H15BrN4OS.BrH/c1-21-16(23)15-7-2-11(9-19)8-12(15)10-24-17(20)22-14-5-3-13(18)4-6-14;/h2-8H,10H2,1H3,(H2,20,22)(H,21,23);1H. The molecule has 0 aliphatic rings. The largest absolute Gasteiger partial charge is 0.378 e. The number of benzene rings is 2. The lowest BCUT2D eigenvalue weighted by molar-refractivity contribution is 0.0962. The predicted octanol–water partition coefficient (Wildman–Crippen LogP) is 4.14. The van der Waals surface area contributed by atoms with Gasteiger partial charge in [0, 0.05) is 22.8 Å². The summed E-state index contributed by atoms with van der Waals surface area (Å²) in [4.78, 5) is 16.3. The Balaban J connectivity index is 0.00000312. The molecule has 0 atom stereocenters. The van der Waals surface area contributed by atoms with Crippen LogP contribution in [0.3, 0.4) is 0 Å². The van der Waals surface area contributed by atoms with Gasteiger partial charge in [0.1, 0.15) is 0 Å². The Morgan fingerprint density at radius 3 is 2.60 bits per heavy atom. The van der Waals surface area contributed by atoms with Crippen molar-refractivity contribution in [2.24, 2.45) is 10.7 Å². The Kier molecular flexibility index (Phi) is 8.69. The molecule has 0 fully saturated rings. The van der Waals surface area contributed by atoms with E-state index in [1.54, 1.807) is 25.2 Å². The van der Waals surface area contributed by atoms with Gasteiger partial charge < -0.3 is 11.1 Å². The molecule has 2 rings (SSSR count). The van der Waals surface area contributed by atoms with Gasteiger partial charge in [-0.2, -0.15) is 5.26 Å². The molecule has 5 nitrogen and oxygen atoms in total. The average Bonchev–Trinajstić information content (AvgIpc) is 2.61. The first-order valence-electron chi connectivity index (χ1n) is 7.01. The van der Waals surface area contributed by atoms with Gasteiger partial charge >= 0.3 is 0 Å². The summed E-state index contributed by atoms with van der Waals surface area (Å²) in [5.74, 6) is 0.253. The van der Waals surface area contributed by atoms with Crippen molar-refractivity contribution in [2.75, 3.05) is 7.05 Å². The normalized spacial score (nSPS) is 10.5. The van der Waals surface area contributed by atoms with Crippen LogP contribution in [-0.4, -0.2) is 18.1 Å². The number of aliphatic imine (C=N–C) groups is 1. The van der Waals surface area contributed by atoms with Crippen LogP contribution in [0.2, 0.25) is 0 Å². The number of thioether (sulfide) groups is 1. The molecule has 0 spiro atoms. The van der Waals surface area contributed by atoms with E-state index in [-0.39, 0.29) is 22.9 Å². The molecule has 0 bridgehead atoms. The van der Waals surface area contributed by atoms with E-state index in [9.17, 15) is 4.79 Å². The van der Waals surface area contributed by atoms with Crippen molar-refractivity contribution in [2.45, 2.75) is 5.75 Å². The molecule has 2 aromatic carbocycles. The SMILES string of the molecule is Br.CNC(=O)c1ccc(C#N)cc1CSC(N)=Nc1ccc(Br)cc1. The van der Waals surface area contributed by atoms with Gasteiger partial charge in [-0.15, -0.1) is 17.0 Å². The van der Waals surface area contributed by atoms with Crippen LogP contribution < -0.4 is 11.1 Å². The van der Waals surface area contributed by atoms with Gasteiger partial charge in [-0.25, -0.2) is 4.99 Å². The summed E-state index contributed by atoms with van der Waals surface area (Å²) < 4.78 is 0.969. The van der Waals surface area contributed by atoms with E-state index in [1.807, 2.05) is 24.3 Å². The van der Waals surface area contributed by atoms with Gasteiger partial charge in [-0.3, -0.25) is 4.79 Å². The molecule has 0 saturated heterocycles. The maximum Gasteiger partial charge on any atom is 0.251 e. The number of nitrogens with one attached hydrogen (secondary N) is 1. The molecule has 25 heavy (non-hydrogen) atoms. The molecule has 0 saturated carbocycles. The molecule has 0 aromatic heterocycles. The second kappa shape index (κ2) is 10.2. The fourth-order valence-electron chi connectivity index (χ4n) is 1.97. The van der Waals surface area contributed by atoms with E-state index in [0.717, 1.165) is 15.7 Å². The first-order valence-corrected chi connectivity index (χ1v) is 8.79. The summed E-state index contributed by atoms with van der Waals surface area (Å²) in [6.07, 6.45) is 0. The van der Waals surface area contributed by atoms with Crippen LogP contribution in [-0.2, 0) is 5.75 Å². The van der Waals surface area contributed by atoms with E-state index < -0.39 is 0 Å². The number of nitrogens with two attached hydrogens (primary N) is 1. The zero-order valence-electron chi connectivity index (χ0n) is 13.3. The lowest BCUT2D eigenvalue weighted by Gasteiger charge is -2.08. The number of nitriles is 1. The van der Waals surface area contributed by atoms with Gasteiger partial charge in [0.05, 0.1) is 17.3 Å². The molecular weight excluding hydrogens is 468 g/mol. The van der Waals surface area contributed by atoms with Gasteiger partial charge in [-0.05, 0) is 48.0 Å². The second-order valence-corrected chi connectivity index (χ2v) is 6.69. The summed E-state index contributed by atoms with van der Waals surface area (Å²) >= 11 is 4.68. The van der Waals surface area contributed by atoms with Crippen molar-refractivity contribution in [3.8, 4) is 6.07 Å². The van der Waals surface area contributed by atoms with Crippen LogP contribution in [0, 0.1) is 11.3 Å². The van der Waals surface area contributed by atoms with Crippen molar-refractivity contribution in [3.63, 3.8) is 0 Å². The van der Waals surface area contributed by atoms with E-state index >= 15 is 0 Å². The Labute approximate surface area is 169 Å². The Bertz CT molecular complexity index is 816. The Hall–Kier alpha value is -1.82. The van der Waals surface area contributed by atoms with Crippen LogP contribution in [0.1, 0.15) is 21.5 Å². The minimum atomic E-state index is -0.196. The van der Waals surface area contributed by atoms with E-state index in [2.05, 4.69) is 32.3 Å². The van der Waals surface area contributed by atoms with Crippen molar-refractivity contribution < 1.29 is 4.79 Å². The number of hydrogen-bond donors (Lipinski definition) is 2. The molecule has 1 amide bonds. The summed E-state index contributed by atoms with van der Waals surface area (Å²) in [6.45, 7) is 0. The number of carbonyl (C=O) groups is 1.